The number of carbonyl (C=O) groups is 1. The average Bonchev–Trinajstić information content (AvgIpc) is 2.52. The van der Waals surface area contributed by atoms with Gasteiger partial charge in [-0.15, -0.1) is 0 Å². The lowest BCUT2D eigenvalue weighted by Gasteiger charge is -2.33. The fraction of sp³-hybridized carbons (Fsp3) is 0.941. The van der Waals surface area contributed by atoms with Gasteiger partial charge in [-0.25, -0.2) is 4.79 Å². The second-order valence-corrected chi connectivity index (χ2v) is 6.65. The van der Waals surface area contributed by atoms with Crippen LogP contribution in [0.2, 0.25) is 0 Å². The summed E-state index contributed by atoms with van der Waals surface area (Å²) in [7, 11) is 2.10. The molecule has 5 nitrogen and oxygen atoms in total. The van der Waals surface area contributed by atoms with E-state index in [1.807, 2.05) is 0 Å². The number of amides is 2. The van der Waals surface area contributed by atoms with Crippen LogP contribution < -0.4 is 10.6 Å². The lowest BCUT2D eigenvalue weighted by Crippen LogP contribution is -2.43. The summed E-state index contributed by atoms with van der Waals surface area (Å²) < 4.78 is 0. The van der Waals surface area contributed by atoms with Gasteiger partial charge >= 0.3 is 6.03 Å². The van der Waals surface area contributed by atoms with E-state index in [0.29, 0.717) is 18.6 Å². The van der Waals surface area contributed by atoms with Crippen molar-refractivity contribution in [2.45, 2.75) is 65.0 Å². The Labute approximate surface area is 136 Å². The van der Waals surface area contributed by atoms with E-state index in [2.05, 4.69) is 48.3 Å². The van der Waals surface area contributed by atoms with Crippen molar-refractivity contribution < 1.29 is 4.79 Å². The van der Waals surface area contributed by atoms with Gasteiger partial charge in [-0.3, -0.25) is 0 Å². The summed E-state index contributed by atoms with van der Waals surface area (Å²) in [6.07, 6.45) is 6.17. The number of likely N-dealkylation sites (N-methyl/N-ethyl adjacent to an activating group) is 1. The summed E-state index contributed by atoms with van der Waals surface area (Å²) >= 11 is 0. The minimum Gasteiger partial charge on any atom is -0.338 e. The quantitative estimate of drug-likeness (QED) is 0.642. The zero-order valence-electron chi connectivity index (χ0n) is 15.0. The molecule has 0 aliphatic carbocycles. The van der Waals surface area contributed by atoms with Gasteiger partial charge in [0.25, 0.3) is 0 Å². The summed E-state index contributed by atoms with van der Waals surface area (Å²) in [6.45, 7) is 11.4. The summed E-state index contributed by atoms with van der Waals surface area (Å²) in [4.78, 5) is 16.5. The SMILES string of the molecule is CCC(C)N(C)CCNC(=O)NCCCN1CCCCC1C. The van der Waals surface area contributed by atoms with Crippen LogP contribution in [-0.2, 0) is 0 Å². The first-order valence-corrected chi connectivity index (χ1v) is 9.00. The molecule has 0 spiro atoms. The van der Waals surface area contributed by atoms with Crippen molar-refractivity contribution in [2.24, 2.45) is 0 Å². The van der Waals surface area contributed by atoms with Crippen molar-refractivity contribution in [3.63, 3.8) is 0 Å². The Hall–Kier alpha value is -0.810. The minimum atomic E-state index is -0.0377. The first-order chi connectivity index (χ1) is 10.5. The molecule has 2 amide bonds. The summed E-state index contributed by atoms with van der Waals surface area (Å²) in [5.41, 5.74) is 0. The van der Waals surface area contributed by atoms with Crippen LogP contribution in [-0.4, -0.2) is 67.7 Å². The third-order valence-electron chi connectivity index (χ3n) is 4.94. The maximum absolute atomic E-state index is 11.7. The van der Waals surface area contributed by atoms with Gasteiger partial charge in [0.1, 0.15) is 0 Å². The van der Waals surface area contributed by atoms with Gasteiger partial charge in [0.15, 0.2) is 0 Å². The summed E-state index contributed by atoms with van der Waals surface area (Å²) in [5.74, 6) is 0. The van der Waals surface area contributed by atoms with E-state index < -0.39 is 0 Å². The van der Waals surface area contributed by atoms with E-state index in [1.165, 1.54) is 25.8 Å². The molecule has 0 aromatic carbocycles. The van der Waals surface area contributed by atoms with Crippen LogP contribution in [0.1, 0.15) is 52.9 Å². The third kappa shape index (κ3) is 7.45. The molecule has 0 saturated carbocycles. The summed E-state index contributed by atoms with van der Waals surface area (Å²) in [5, 5.41) is 5.89. The standard InChI is InChI=1S/C17H36N4O/c1-5-15(2)20(4)14-11-19-17(22)18-10-8-13-21-12-7-6-9-16(21)3/h15-16H,5-14H2,1-4H3,(H2,18,19,22). The van der Waals surface area contributed by atoms with Crippen molar-refractivity contribution >= 4 is 6.03 Å². The normalized spacial score (nSPS) is 20.9. The van der Waals surface area contributed by atoms with Gasteiger partial charge < -0.3 is 20.4 Å². The van der Waals surface area contributed by atoms with Gasteiger partial charge in [0, 0.05) is 38.3 Å². The maximum atomic E-state index is 11.7. The van der Waals surface area contributed by atoms with E-state index >= 15 is 0 Å². The molecule has 2 atom stereocenters. The largest absolute Gasteiger partial charge is 0.338 e. The van der Waals surface area contributed by atoms with E-state index in [0.717, 1.165) is 32.5 Å². The van der Waals surface area contributed by atoms with Crippen LogP contribution in [0, 0.1) is 0 Å². The number of nitrogens with zero attached hydrogens (tertiary/aromatic N) is 2. The number of piperidine rings is 1. The van der Waals surface area contributed by atoms with Crippen LogP contribution in [0.4, 0.5) is 4.79 Å². The lowest BCUT2D eigenvalue weighted by atomic mass is 10.0. The van der Waals surface area contributed by atoms with E-state index in [4.69, 9.17) is 0 Å². The topological polar surface area (TPSA) is 47.6 Å². The highest BCUT2D eigenvalue weighted by Gasteiger charge is 2.17. The molecule has 22 heavy (non-hydrogen) atoms. The predicted molar refractivity (Wildman–Crippen MR) is 93.3 cm³/mol. The number of rotatable bonds is 9. The Morgan fingerprint density at radius 3 is 2.73 bits per heavy atom. The number of nitrogens with one attached hydrogen (secondary N) is 2. The van der Waals surface area contributed by atoms with Gasteiger partial charge in [-0.05, 0) is 53.1 Å². The summed E-state index contributed by atoms with van der Waals surface area (Å²) in [6, 6.07) is 1.24. The van der Waals surface area contributed by atoms with Crippen LogP contribution in [0.3, 0.4) is 0 Å². The second-order valence-electron chi connectivity index (χ2n) is 6.65. The smallest absolute Gasteiger partial charge is 0.314 e. The first-order valence-electron chi connectivity index (χ1n) is 9.00. The fourth-order valence-electron chi connectivity index (χ4n) is 2.91. The second kappa shape index (κ2) is 10.8. The molecule has 0 bridgehead atoms. The van der Waals surface area contributed by atoms with E-state index in [9.17, 15) is 4.79 Å². The molecule has 5 heteroatoms. The van der Waals surface area contributed by atoms with Crippen LogP contribution in [0.25, 0.3) is 0 Å². The Morgan fingerprint density at radius 2 is 2.05 bits per heavy atom. The van der Waals surface area contributed by atoms with Gasteiger partial charge in [-0.2, -0.15) is 0 Å². The maximum Gasteiger partial charge on any atom is 0.314 e. The van der Waals surface area contributed by atoms with Crippen LogP contribution in [0.5, 0.6) is 0 Å². The van der Waals surface area contributed by atoms with E-state index in [-0.39, 0.29) is 6.03 Å². The van der Waals surface area contributed by atoms with Crippen molar-refractivity contribution in [2.75, 3.05) is 39.8 Å². The molecule has 1 aliphatic heterocycles. The highest BCUT2D eigenvalue weighted by atomic mass is 16.2. The monoisotopic (exact) mass is 312 g/mol. The predicted octanol–water partition coefficient (Wildman–Crippen LogP) is 2.28. The lowest BCUT2D eigenvalue weighted by molar-refractivity contribution is 0.159. The first kappa shape index (κ1) is 19.2. The molecule has 130 valence electrons. The van der Waals surface area contributed by atoms with Crippen LogP contribution in [0.15, 0.2) is 0 Å². The number of urea groups is 1. The van der Waals surface area contributed by atoms with Crippen molar-refractivity contribution in [3.05, 3.63) is 0 Å². The molecule has 1 aliphatic rings. The number of likely N-dealkylation sites (tertiary alicyclic amines) is 1. The van der Waals surface area contributed by atoms with Gasteiger partial charge in [-0.1, -0.05) is 13.3 Å². The van der Waals surface area contributed by atoms with Crippen molar-refractivity contribution in [1.82, 2.24) is 20.4 Å². The zero-order chi connectivity index (χ0) is 16.4. The molecular formula is C17H36N4O. The van der Waals surface area contributed by atoms with Gasteiger partial charge in [0.05, 0.1) is 0 Å². The number of carbonyl (C=O) groups excluding carboxylic acids is 1. The Morgan fingerprint density at radius 1 is 1.32 bits per heavy atom. The molecule has 0 aromatic heterocycles. The average molecular weight is 313 g/mol. The molecule has 1 fully saturated rings. The van der Waals surface area contributed by atoms with E-state index in [1.54, 1.807) is 0 Å². The molecular weight excluding hydrogens is 276 g/mol. The Balaban J connectivity index is 2.01. The molecule has 1 heterocycles. The van der Waals surface area contributed by atoms with Crippen molar-refractivity contribution in [1.29, 1.82) is 0 Å². The Bertz CT molecular complexity index is 311. The molecule has 0 radical (unpaired) electrons. The molecule has 1 rings (SSSR count). The molecule has 0 aromatic rings. The number of hydrogen-bond donors (Lipinski definition) is 2. The zero-order valence-corrected chi connectivity index (χ0v) is 15.0. The molecule has 2 N–H and O–H groups in total. The fourth-order valence-corrected chi connectivity index (χ4v) is 2.91. The number of hydrogen-bond acceptors (Lipinski definition) is 3. The molecule has 1 saturated heterocycles. The highest BCUT2D eigenvalue weighted by molar-refractivity contribution is 5.73. The van der Waals surface area contributed by atoms with Gasteiger partial charge in [0.2, 0.25) is 0 Å². The molecule has 2 unspecified atom stereocenters. The van der Waals surface area contributed by atoms with Crippen LogP contribution >= 0.6 is 0 Å². The van der Waals surface area contributed by atoms with Crippen molar-refractivity contribution in [3.8, 4) is 0 Å². The third-order valence-corrected chi connectivity index (χ3v) is 4.94. The minimum absolute atomic E-state index is 0.0377. The Kier molecular flexibility index (Phi) is 9.48. The highest BCUT2D eigenvalue weighted by Crippen LogP contribution is 2.15.